The van der Waals surface area contributed by atoms with E-state index in [1.807, 2.05) is 0 Å². The van der Waals surface area contributed by atoms with E-state index in [4.69, 9.17) is 4.99 Å². The van der Waals surface area contributed by atoms with Gasteiger partial charge in [0.25, 0.3) is 0 Å². The number of aliphatic imine (C=N–C) groups is 1. The highest BCUT2D eigenvalue weighted by Gasteiger charge is 2.34. The summed E-state index contributed by atoms with van der Waals surface area (Å²) in [5, 5.41) is 6.93. The van der Waals surface area contributed by atoms with Crippen LogP contribution >= 0.6 is 0 Å². The highest BCUT2D eigenvalue weighted by molar-refractivity contribution is 5.80. The molecule has 1 aliphatic carbocycles. The van der Waals surface area contributed by atoms with Crippen LogP contribution in [0.2, 0.25) is 0 Å². The van der Waals surface area contributed by atoms with Gasteiger partial charge in [-0.25, -0.2) is 0 Å². The largest absolute Gasteiger partial charge is 0.416 e. The Morgan fingerprint density at radius 2 is 1.84 bits per heavy atom. The van der Waals surface area contributed by atoms with Crippen LogP contribution in [0.5, 0.6) is 0 Å². The third-order valence-electron chi connectivity index (χ3n) is 6.53. The van der Waals surface area contributed by atoms with Crippen LogP contribution in [-0.2, 0) is 12.7 Å². The standard InChI is InChI=1S/C23H34F3N5/c1-2-27-22(28-13-18-9-12-31(15-18)21-7-8-21)29-20-10-11-30(16-20)14-17-3-5-19(6-4-17)23(24,25)26/h3-6,18,20-21H,2,7-16H2,1H3,(H2,27,28,29). The number of hydrogen-bond acceptors (Lipinski definition) is 3. The second-order valence-electron chi connectivity index (χ2n) is 9.16. The number of benzene rings is 1. The fourth-order valence-electron chi connectivity index (χ4n) is 4.67. The van der Waals surface area contributed by atoms with Gasteiger partial charge in [0.05, 0.1) is 5.56 Å². The van der Waals surface area contributed by atoms with Gasteiger partial charge in [0, 0.05) is 51.4 Å². The minimum Gasteiger partial charge on any atom is -0.357 e. The van der Waals surface area contributed by atoms with E-state index < -0.39 is 11.7 Å². The van der Waals surface area contributed by atoms with E-state index >= 15 is 0 Å². The Hall–Kier alpha value is -1.80. The van der Waals surface area contributed by atoms with E-state index in [1.54, 1.807) is 12.1 Å². The van der Waals surface area contributed by atoms with Gasteiger partial charge in [-0.1, -0.05) is 12.1 Å². The molecule has 172 valence electrons. The summed E-state index contributed by atoms with van der Waals surface area (Å²) in [6.45, 7) is 8.62. The quantitative estimate of drug-likeness (QED) is 0.507. The molecule has 4 rings (SSSR count). The molecule has 2 N–H and O–H groups in total. The molecule has 2 unspecified atom stereocenters. The van der Waals surface area contributed by atoms with Gasteiger partial charge >= 0.3 is 6.18 Å². The number of alkyl halides is 3. The topological polar surface area (TPSA) is 42.9 Å². The van der Waals surface area contributed by atoms with Gasteiger partial charge in [-0.3, -0.25) is 9.89 Å². The van der Waals surface area contributed by atoms with Gasteiger partial charge in [-0.15, -0.1) is 0 Å². The van der Waals surface area contributed by atoms with Crippen molar-refractivity contribution in [3.8, 4) is 0 Å². The molecule has 0 spiro atoms. The lowest BCUT2D eigenvalue weighted by molar-refractivity contribution is -0.137. The van der Waals surface area contributed by atoms with Crippen molar-refractivity contribution in [1.82, 2.24) is 20.4 Å². The predicted octanol–water partition coefficient (Wildman–Crippen LogP) is 3.32. The summed E-state index contributed by atoms with van der Waals surface area (Å²) in [7, 11) is 0. The fraction of sp³-hybridized carbons (Fsp3) is 0.696. The Balaban J connectivity index is 1.24. The maximum Gasteiger partial charge on any atom is 0.416 e. The van der Waals surface area contributed by atoms with Crippen molar-refractivity contribution in [3.05, 3.63) is 35.4 Å². The Morgan fingerprint density at radius 3 is 2.52 bits per heavy atom. The molecule has 31 heavy (non-hydrogen) atoms. The number of rotatable bonds is 7. The molecule has 2 saturated heterocycles. The molecule has 0 radical (unpaired) electrons. The molecule has 1 aromatic carbocycles. The molecule has 2 aliphatic heterocycles. The number of nitrogens with zero attached hydrogens (tertiary/aromatic N) is 3. The van der Waals surface area contributed by atoms with Gasteiger partial charge in [0.2, 0.25) is 0 Å². The molecule has 0 amide bonds. The van der Waals surface area contributed by atoms with Gasteiger partial charge in [0.15, 0.2) is 5.96 Å². The van der Waals surface area contributed by atoms with Crippen LogP contribution in [-0.4, -0.2) is 67.1 Å². The van der Waals surface area contributed by atoms with E-state index in [0.717, 1.165) is 50.2 Å². The Bertz CT molecular complexity index is 745. The monoisotopic (exact) mass is 437 g/mol. The number of likely N-dealkylation sites (tertiary alicyclic amines) is 2. The first-order valence-electron chi connectivity index (χ1n) is 11.6. The number of halogens is 3. The lowest BCUT2D eigenvalue weighted by atomic mass is 10.1. The van der Waals surface area contributed by atoms with E-state index in [2.05, 4.69) is 27.4 Å². The minimum atomic E-state index is -4.28. The van der Waals surface area contributed by atoms with Crippen molar-refractivity contribution in [1.29, 1.82) is 0 Å². The van der Waals surface area contributed by atoms with E-state index in [-0.39, 0.29) is 0 Å². The van der Waals surface area contributed by atoms with Crippen molar-refractivity contribution in [2.24, 2.45) is 10.9 Å². The summed E-state index contributed by atoms with van der Waals surface area (Å²) < 4.78 is 38.2. The first-order chi connectivity index (χ1) is 14.9. The summed E-state index contributed by atoms with van der Waals surface area (Å²) in [6.07, 6.45) is 0.696. The number of guanidine groups is 1. The molecule has 2 heterocycles. The highest BCUT2D eigenvalue weighted by atomic mass is 19.4. The molecule has 3 fully saturated rings. The molecule has 3 aliphatic rings. The van der Waals surface area contributed by atoms with E-state index in [9.17, 15) is 13.2 Å². The molecule has 0 aromatic heterocycles. The van der Waals surface area contributed by atoms with Gasteiger partial charge < -0.3 is 15.5 Å². The molecule has 1 saturated carbocycles. The molecule has 2 atom stereocenters. The van der Waals surface area contributed by atoms with Gasteiger partial charge in [-0.2, -0.15) is 13.2 Å². The number of nitrogens with one attached hydrogen (secondary N) is 2. The Kier molecular flexibility index (Phi) is 7.06. The number of hydrogen-bond donors (Lipinski definition) is 2. The molecular weight excluding hydrogens is 403 g/mol. The zero-order valence-corrected chi connectivity index (χ0v) is 18.3. The van der Waals surface area contributed by atoms with Crippen LogP contribution in [0.15, 0.2) is 29.3 Å². The van der Waals surface area contributed by atoms with Crippen molar-refractivity contribution in [3.63, 3.8) is 0 Å². The van der Waals surface area contributed by atoms with Crippen LogP contribution in [0.3, 0.4) is 0 Å². The summed E-state index contributed by atoms with van der Waals surface area (Å²) in [5.41, 5.74) is 0.321. The van der Waals surface area contributed by atoms with Crippen LogP contribution in [0.25, 0.3) is 0 Å². The second-order valence-corrected chi connectivity index (χ2v) is 9.16. The fourth-order valence-corrected chi connectivity index (χ4v) is 4.67. The van der Waals surface area contributed by atoms with Crippen molar-refractivity contribution < 1.29 is 13.2 Å². The third-order valence-corrected chi connectivity index (χ3v) is 6.53. The smallest absolute Gasteiger partial charge is 0.357 e. The molecular formula is C23H34F3N5. The SMILES string of the molecule is CCNC(=NCC1CCN(C2CC2)C1)NC1CCN(Cc2ccc(C(F)(F)F)cc2)C1. The van der Waals surface area contributed by atoms with Crippen molar-refractivity contribution in [2.45, 2.75) is 57.4 Å². The molecule has 0 bridgehead atoms. The lowest BCUT2D eigenvalue weighted by Gasteiger charge is -2.20. The summed E-state index contributed by atoms with van der Waals surface area (Å²) >= 11 is 0. The maximum absolute atomic E-state index is 12.7. The van der Waals surface area contributed by atoms with Crippen molar-refractivity contribution >= 4 is 5.96 Å². The Morgan fingerprint density at radius 1 is 1.06 bits per heavy atom. The maximum atomic E-state index is 12.7. The first-order valence-corrected chi connectivity index (χ1v) is 11.6. The van der Waals surface area contributed by atoms with Crippen molar-refractivity contribution in [2.75, 3.05) is 39.3 Å². The Labute approximate surface area is 183 Å². The third kappa shape index (κ3) is 6.35. The average molecular weight is 438 g/mol. The zero-order chi connectivity index (χ0) is 21.8. The van der Waals surface area contributed by atoms with Gasteiger partial charge in [0.1, 0.15) is 0 Å². The predicted molar refractivity (Wildman–Crippen MR) is 117 cm³/mol. The summed E-state index contributed by atoms with van der Waals surface area (Å²) in [4.78, 5) is 9.77. The van der Waals surface area contributed by atoms with Crippen LogP contribution in [0.4, 0.5) is 13.2 Å². The molecule has 5 nitrogen and oxygen atoms in total. The van der Waals surface area contributed by atoms with Crippen LogP contribution < -0.4 is 10.6 Å². The highest BCUT2D eigenvalue weighted by Crippen LogP contribution is 2.32. The van der Waals surface area contributed by atoms with E-state index in [1.165, 1.54) is 44.5 Å². The zero-order valence-electron chi connectivity index (χ0n) is 18.3. The molecule has 8 heteroatoms. The average Bonchev–Trinajstić information content (AvgIpc) is 3.31. The van der Waals surface area contributed by atoms with Gasteiger partial charge in [-0.05, 0) is 62.8 Å². The molecule has 1 aromatic rings. The lowest BCUT2D eigenvalue weighted by Crippen LogP contribution is -2.44. The first kappa shape index (κ1) is 22.4. The second kappa shape index (κ2) is 9.77. The van der Waals surface area contributed by atoms with E-state index in [0.29, 0.717) is 18.5 Å². The van der Waals surface area contributed by atoms with Crippen LogP contribution in [0, 0.1) is 5.92 Å². The normalized spacial score (nSPS) is 25.9. The summed E-state index contributed by atoms with van der Waals surface area (Å²) in [5.74, 6) is 1.53. The minimum absolute atomic E-state index is 0.304. The summed E-state index contributed by atoms with van der Waals surface area (Å²) in [6, 6.07) is 6.66. The van der Waals surface area contributed by atoms with Crippen LogP contribution in [0.1, 0.15) is 43.7 Å².